The second-order valence-corrected chi connectivity index (χ2v) is 4.99. The average Bonchev–Trinajstić information content (AvgIpc) is 2.55. The highest BCUT2D eigenvalue weighted by Crippen LogP contribution is 2.17. The number of benzene rings is 1. The van der Waals surface area contributed by atoms with Gasteiger partial charge in [0.05, 0.1) is 6.61 Å². The van der Waals surface area contributed by atoms with E-state index in [2.05, 4.69) is 4.98 Å². The van der Waals surface area contributed by atoms with E-state index in [-0.39, 0.29) is 17.6 Å². The molecule has 6 heteroatoms. The lowest BCUT2D eigenvalue weighted by molar-refractivity contribution is 0.0776. The fourth-order valence-corrected chi connectivity index (χ4v) is 2.08. The van der Waals surface area contributed by atoms with Crippen LogP contribution in [0.1, 0.15) is 15.9 Å². The standard InChI is InChI=1S/C17H19FN2O3/c1-20(12-13-5-3-6-14(18)11-13)17(21)15-7-4-8-19-16(15)23-10-9-22-2/h3-8,11H,9-10,12H2,1-2H3. The predicted octanol–water partition coefficient (Wildman–Crippen LogP) is 2.52. The first-order valence-corrected chi connectivity index (χ1v) is 7.18. The first-order valence-electron chi connectivity index (χ1n) is 7.18. The molecule has 122 valence electrons. The highest BCUT2D eigenvalue weighted by atomic mass is 19.1. The Kier molecular flexibility index (Phi) is 6.05. The molecule has 2 aromatic rings. The number of halogens is 1. The smallest absolute Gasteiger partial charge is 0.259 e. The molecule has 0 aliphatic carbocycles. The zero-order valence-corrected chi connectivity index (χ0v) is 13.2. The Balaban J connectivity index is 2.09. The number of rotatable bonds is 7. The number of methoxy groups -OCH3 is 1. The highest BCUT2D eigenvalue weighted by Gasteiger charge is 2.18. The quantitative estimate of drug-likeness (QED) is 0.736. The fourth-order valence-electron chi connectivity index (χ4n) is 2.08. The molecule has 0 saturated carbocycles. The van der Waals surface area contributed by atoms with Crippen LogP contribution in [-0.4, -0.2) is 43.2 Å². The molecule has 2 rings (SSSR count). The second kappa shape index (κ2) is 8.24. The summed E-state index contributed by atoms with van der Waals surface area (Å²) in [5, 5.41) is 0. The van der Waals surface area contributed by atoms with Crippen LogP contribution < -0.4 is 4.74 Å². The molecule has 0 fully saturated rings. The molecule has 0 saturated heterocycles. The molecule has 0 radical (unpaired) electrons. The summed E-state index contributed by atoms with van der Waals surface area (Å²) in [5.41, 5.74) is 1.08. The molecule has 0 aliphatic heterocycles. The zero-order chi connectivity index (χ0) is 16.7. The highest BCUT2D eigenvalue weighted by molar-refractivity contribution is 5.96. The Morgan fingerprint density at radius 2 is 2.09 bits per heavy atom. The number of carbonyl (C=O) groups is 1. The third kappa shape index (κ3) is 4.75. The van der Waals surface area contributed by atoms with E-state index in [1.54, 1.807) is 44.6 Å². The van der Waals surface area contributed by atoms with Crippen molar-refractivity contribution in [2.45, 2.75) is 6.54 Å². The van der Waals surface area contributed by atoms with Crippen LogP contribution >= 0.6 is 0 Å². The number of carbonyl (C=O) groups excluding carboxylic acids is 1. The number of ether oxygens (including phenoxy) is 2. The maximum absolute atomic E-state index is 13.2. The van der Waals surface area contributed by atoms with Crippen LogP contribution in [0.4, 0.5) is 4.39 Å². The number of aromatic nitrogens is 1. The maximum atomic E-state index is 13.2. The van der Waals surface area contributed by atoms with Gasteiger partial charge in [0.2, 0.25) is 5.88 Å². The SMILES string of the molecule is COCCOc1ncccc1C(=O)N(C)Cc1cccc(F)c1. The van der Waals surface area contributed by atoms with Gasteiger partial charge in [0, 0.05) is 26.9 Å². The minimum atomic E-state index is -0.326. The third-order valence-electron chi connectivity index (χ3n) is 3.18. The largest absolute Gasteiger partial charge is 0.475 e. The molecule has 0 N–H and O–H groups in total. The minimum absolute atomic E-state index is 0.241. The van der Waals surface area contributed by atoms with Crippen molar-refractivity contribution >= 4 is 5.91 Å². The van der Waals surface area contributed by atoms with E-state index in [0.29, 0.717) is 30.9 Å². The van der Waals surface area contributed by atoms with Crippen molar-refractivity contribution < 1.29 is 18.7 Å². The van der Waals surface area contributed by atoms with Crippen LogP contribution in [0.2, 0.25) is 0 Å². The van der Waals surface area contributed by atoms with Crippen molar-refractivity contribution in [2.75, 3.05) is 27.4 Å². The van der Waals surface area contributed by atoms with Crippen LogP contribution in [0, 0.1) is 5.82 Å². The third-order valence-corrected chi connectivity index (χ3v) is 3.18. The number of hydrogen-bond acceptors (Lipinski definition) is 4. The van der Waals surface area contributed by atoms with Gasteiger partial charge in [-0.3, -0.25) is 4.79 Å². The van der Waals surface area contributed by atoms with Crippen LogP contribution in [0.3, 0.4) is 0 Å². The molecular formula is C17H19FN2O3. The van der Waals surface area contributed by atoms with Gasteiger partial charge in [-0.1, -0.05) is 12.1 Å². The monoisotopic (exact) mass is 318 g/mol. The molecule has 1 heterocycles. The first-order chi connectivity index (χ1) is 11.1. The van der Waals surface area contributed by atoms with Crippen LogP contribution in [-0.2, 0) is 11.3 Å². The molecule has 0 spiro atoms. The molecule has 1 aromatic carbocycles. The number of nitrogens with zero attached hydrogens (tertiary/aromatic N) is 2. The van der Waals surface area contributed by atoms with Crippen LogP contribution in [0.5, 0.6) is 5.88 Å². The van der Waals surface area contributed by atoms with Gasteiger partial charge in [-0.05, 0) is 29.8 Å². The summed E-state index contributed by atoms with van der Waals surface area (Å²) in [6.45, 7) is 1.01. The Bertz CT molecular complexity index is 664. The van der Waals surface area contributed by atoms with Gasteiger partial charge in [-0.2, -0.15) is 0 Å². The molecule has 23 heavy (non-hydrogen) atoms. The van der Waals surface area contributed by atoms with Gasteiger partial charge < -0.3 is 14.4 Å². The molecule has 1 amide bonds. The van der Waals surface area contributed by atoms with Crippen LogP contribution in [0.25, 0.3) is 0 Å². The molecule has 5 nitrogen and oxygen atoms in total. The first kappa shape index (κ1) is 16.9. The van der Waals surface area contributed by atoms with Gasteiger partial charge in [0.25, 0.3) is 5.91 Å². The van der Waals surface area contributed by atoms with Gasteiger partial charge in [-0.15, -0.1) is 0 Å². The Labute approximate surface area is 134 Å². The summed E-state index contributed by atoms with van der Waals surface area (Å²) < 4.78 is 23.6. The predicted molar refractivity (Wildman–Crippen MR) is 83.8 cm³/mol. The van der Waals surface area contributed by atoms with E-state index in [1.165, 1.54) is 17.0 Å². The second-order valence-electron chi connectivity index (χ2n) is 4.99. The minimum Gasteiger partial charge on any atom is -0.475 e. The molecular weight excluding hydrogens is 299 g/mol. The summed E-state index contributed by atoms with van der Waals surface area (Å²) in [6.07, 6.45) is 1.56. The maximum Gasteiger partial charge on any atom is 0.259 e. The van der Waals surface area contributed by atoms with Crippen molar-refractivity contribution in [1.29, 1.82) is 0 Å². The summed E-state index contributed by atoms with van der Waals surface area (Å²) in [5.74, 6) is -0.302. The summed E-state index contributed by atoms with van der Waals surface area (Å²) in [7, 11) is 3.22. The van der Waals surface area contributed by atoms with Crippen molar-refractivity contribution in [1.82, 2.24) is 9.88 Å². The zero-order valence-electron chi connectivity index (χ0n) is 13.2. The molecule has 0 atom stereocenters. The van der Waals surface area contributed by atoms with E-state index >= 15 is 0 Å². The molecule has 0 unspecified atom stereocenters. The molecule has 1 aromatic heterocycles. The average molecular weight is 318 g/mol. The van der Waals surface area contributed by atoms with E-state index in [4.69, 9.17) is 9.47 Å². The topological polar surface area (TPSA) is 51.7 Å². The molecule has 0 bridgehead atoms. The van der Waals surface area contributed by atoms with Gasteiger partial charge >= 0.3 is 0 Å². The van der Waals surface area contributed by atoms with Gasteiger partial charge in [0.15, 0.2) is 0 Å². The summed E-state index contributed by atoms with van der Waals surface area (Å²) >= 11 is 0. The van der Waals surface area contributed by atoms with Gasteiger partial charge in [0.1, 0.15) is 18.0 Å². The van der Waals surface area contributed by atoms with Crippen molar-refractivity contribution in [2.24, 2.45) is 0 Å². The molecule has 0 aliphatic rings. The number of pyridine rings is 1. The van der Waals surface area contributed by atoms with E-state index in [9.17, 15) is 9.18 Å². The van der Waals surface area contributed by atoms with E-state index in [1.807, 2.05) is 0 Å². The van der Waals surface area contributed by atoms with E-state index < -0.39 is 0 Å². The van der Waals surface area contributed by atoms with Gasteiger partial charge in [-0.25, -0.2) is 9.37 Å². The number of hydrogen-bond donors (Lipinski definition) is 0. The Morgan fingerprint density at radius 3 is 2.83 bits per heavy atom. The summed E-state index contributed by atoms with van der Waals surface area (Å²) in [4.78, 5) is 18.2. The van der Waals surface area contributed by atoms with E-state index in [0.717, 1.165) is 0 Å². The number of amides is 1. The van der Waals surface area contributed by atoms with Crippen LogP contribution in [0.15, 0.2) is 42.6 Å². The van der Waals surface area contributed by atoms with Crippen molar-refractivity contribution in [3.63, 3.8) is 0 Å². The van der Waals surface area contributed by atoms with Crippen molar-refractivity contribution in [3.8, 4) is 5.88 Å². The van der Waals surface area contributed by atoms with Crippen molar-refractivity contribution in [3.05, 3.63) is 59.5 Å². The summed E-state index contributed by atoms with van der Waals surface area (Å²) in [6, 6.07) is 9.49. The lowest BCUT2D eigenvalue weighted by Crippen LogP contribution is -2.27. The lowest BCUT2D eigenvalue weighted by atomic mass is 10.2. The fraction of sp³-hybridized carbons (Fsp3) is 0.294. The lowest BCUT2D eigenvalue weighted by Gasteiger charge is -2.18. The Morgan fingerprint density at radius 1 is 1.26 bits per heavy atom. The Hall–Kier alpha value is -2.47. The normalized spacial score (nSPS) is 10.4.